The molecule has 0 aliphatic carbocycles. The summed E-state index contributed by atoms with van der Waals surface area (Å²) in [5, 5.41) is 3.60. The van der Waals surface area contributed by atoms with Crippen LogP contribution < -0.4 is 10.2 Å². The number of rotatable bonds is 5. The molecule has 4 atom stereocenters. The lowest BCUT2D eigenvalue weighted by Crippen LogP contribution is -2.48. The van der Waals surface area contributed by atoms with Crippen molar-refractivity contribution in [2.45, 2.75) is 63.9 Å². The number of ether oxygens (including phenoxy) is 3. The zero-order valence-corrected chi connectivity index (χ0v) is 16.5. The summed E-state index contributed by atoms with van der Waals surface area (Å²) in [7, 11) is 0. The summed E-state index contributed by atoms with van der Waals surface area (Å²) in [4.78, 5) is 11.5. The third-order valence-corrected chi connectivity index (χ3v) is 5.76. The second-order valence-electron chi connectivity index (χ2n) is 8.12. The third kappa shape index (κ3) is 4.52. The Kier molecular flexibility index (Phi) is 6.10. The van der Waals surface area contributed by atoms with Crippen LogP contribution in [0.15, 0.2) is 12.3 Å². The van der Waals surface area contributed by atoms with Gasteiger partial charge in [-0.1, -0.05) is 13.8 Å². The van der Waals surface area contributed by atoms with Crippen molar-refractivity contribution in [3.63, 3.8) is 0 Å². The fourth-order valence-corrected chi connectivity index (χ4v) is 4.36. The molecule has 3 aliphatic rings. The van der Waals surface area contributed by atoms with E-state index < -0.39 is 0 Å². The molecule has 7 nitrogen and oxygen atoms in total. The van der Waals surface area contributed by atoms with Gasteiger partial charge in [-0.25, -0.2) is 4.98 Å². The van der Waals surface area contributed by atoms with Gasteiger partial charge in [0.2, 0.25) is 5.95 Å². The van der Waals surface area contributed by atoms with Gasteiger partial charge in [-0.2, -0.15) is 4.98 Å². The topological polar surface area (TPSA) is 68.7 Å². The first kappa shape index (κ1) is 18.9. The number of nitrogens with one attached hydrogen (secondary N) is 1. The first-order valence-corrected chi connectivity index (χ1v) is 10.4. The standard InChI is InChI=1S/C20H32N4O3/c1-14(2)19-15(5-3-11-27-19)22-18-7-8-21-20(23-18)24-9-12-26-17(13-24)16-6-4-10-25-16/h7-8,14-17,19H,3-6,9-13H2,1-2H3,(H,21,22,23)/t15-,16-,17-,19-/m0/s1. The molecule has 4 rings (SSSR count). The van der Waals surface area contributed by atoms with Crippen molar-refractivity contribution in [1.29, 1.82) is 0 Å². The van der Waals surface area contributed by atoms with Crippen LogP contribution in [-0.2, 0) is 14.2 Å². The Balaban J connectivity index is 1.42. The molecule has 3 fully saturated rings. The summed E-state index contributed by atoms with van der Waals surface area (Å²) < 4.78 is 17.8. The molecule has 1 N–H and O–H groups in total. The number of anilines is 2. The van der Waals surface area contributed by atoms with E-state index >= 15 is 0 Å². The van der Waals surface area contributed by atoms with Gasteiger partial charge in [-0.3, -0.25) is 0 Å². The van der Waals surface area contributed by atoms with Crippen LogP contribution in [0.2, 0.25) is 0 Å². The van der Waals surface area contributed by atoms with Crippen molar-refractivity contribution in [2.75, 3.05) is 43.1 Å². The quantitative estimate of drug-likeness (QED) is 0.847. The number of hydrogen-bond donors (Lipinski definition) is 1. The van der Waals surface area contributed by atoms with Gasteiger partial charge in [0, 0.05) is 32.5 Å². The van der Waals surface area contributed by atoms with Crippen molar-refractivity contribution in [2.24, 2.45) is 5.92 Å². The summed E-state index contributed by atoms with van der Waals surface area (Å²) in [6.45, 7) is 8.43. The lowest BCUT2D eigenvalue weighted by Gasteiger charge is -2.36. The van der Waals surface area contributed by atoms with Crippen LogP contribution in [0.25, 0.3) is 0 Å². The van der Waals surface area contributed by atoms with Crippen molar-refractivity contribution < 1.29 is 14.2 Å². The second kappa shape index (κ2) is 8.71. The minimum atomic E-state index is 0.110. The van der Waals surface area contributed by atoms with Gasteiger partial charge in [0.15, 0.2) is 0 Å². The molecule has 0 spiro atoms. The summed E-state index contributed by atoms with van der Waals surface area (Å²) in [6, 6.07) is 2.25. The smallest absolute Gasteiger partial charge is 0.227 e. The molecule has 0 unspecified atom stereocenters. The minimum Gasteiger partial charge on any atom is -0.376 e. The molecule has 0 aromatic carbocycles. The second-order valence-corrected chi connectivity index (χ2v) is 8.12. The SMILES string of the molecule is CC(C)[C@@H]1OCCC[C@@H]1Nc1ccnc(N2CCO[C@H]([C@@H]3CCCO3)C2)n1. The van der Waals surface area contributed by atoms with Crippen molar-refractivity contribution >= 4 is 11.8 Å². The van der Waals surface area contributed by atoms with E-state index in [1.54, 1.807) is 0 Å². The Morgan fingerprint density at radius 2 is 1.89 bits per heavy atom. The lowest BCUT2D eigenvalue weighted by atomic mass is 9.94. The zero-order chi connectivity index (χ0) is 18.6. The van der Waals surface area contributed by atoms with Crippen molar-refractivity contribution in [3.05, 3.63) is 12.3 Å². The average molecular weight is 377 g/mol. The zero-order valence-electron chi connectivity index (χ0n) is 16.5. The fraction of sp³-hybridized carbons (Fsp3) is 0.800. The molecule has 0 amide bonds. The minimum absolute atomic E-state index is 0.110. The molecule has 150 valence electrons. The number of aromatic nitrogens is 2. The molecule has 1 aromatic rings. The van der Waals surface area contributed by atoms with E-state index in [-0.39, 0.29) is 18.3 Å². The van der Waals surface area contributed by atoms with Gasteiger partial charge < -0.3 is 24.4 Å². The van der Waals surface area contributed by atoms with Gasteiger partial charge in [0.05, 0.1) is 24.9 Å². The van der Waals surface area contributed by atoms with Crippen molar-refractivity contribution in [1.82, 2.24) is 9.97 Å². The highest BCUT2D eigenvalue weighted by Crippen LogP contribution is 2.25. The van der Waals surface area contributed by atoms with Gasteiger partial charge in [-0.15, -0.1) is 0 Å². The third-order valence-electron chi connectivity index (χ3n) is 5.76. The molecule has 0 radical (unpaired) electrons. The largest absolute Gasteiger partial charge is 0.376 e. The van der Waals surface area contributed by atoms with Crippen LogP contribution >= 0.6 is 0 Å². The highest BCUT2D eigenvalue weighted by Gasteiger charge is 2.32. The molecule has 4 heterocycles. The number of morpholine rings is 1. The predicted molar refractivity (Wildman–Crippen MR) is 104 cm³/mol. The molecule has 1 aromatic heterocycles. The first-order valence-electron chi connectivity index (χ1n) is 10.4. The maximum absolute atomic E-state index is 6.00. The molecule has 27 heavy (non-hydrogen) atoms. The summed E-state index contributed by atoms with van der Waals surface area (Å²) in [6.07, 6.45) is 6.80. The highest BCUT2D eigenvalue weighted by molar-refractivity contribution is 5.42. The van der Waals surface area contributed by atoms with E-state index in [0.717, 1.165) is 63.8 Å². The molecule has 7 heteroatoms. The predicted octanol–water partition coefficient (Wildman–Crippen LogP) is 2.48. The van der Waals surface area contributed by atoms with E-state index in [1.807, 2.05) is 12.3 Å². The Morgan fingerprint density at radius 3 is 2.70 bits per heavy atom. The van der Waals surface area contributed by atoms with Crippen LogP contribution in [0.1, 0.15) is 39.5 Å². The fourth-order valence-electron chi connectivity index (χ4n) is 4.36. The van der Waals surface area contributed by atoms with Crippen LogP contribution in [0, 0.1) is 5.92 Å². The number of hydrogen-bond acceptors (Lipinski definition) is 7. The maximum Gasteiger partial charge on any atom is 0.227 e. The van der Waals surface area contributed by atoms with E-state index in [1.165, 1.54) is 0 Å². The van der Waals surface area contributed by atoms with Crippen LogP contribution in [0.4, 0.5) is 11.8 Å². The van der Waals surface area contributed by atoms with E-state index in [4.69, 9.17) is 19.2 Å². The van der Waals surface area contributed by atoms with E-state index in [0.29, 0.717) is 18.6 Å². The van der Waals surface area contributed by atoms with Crippen LogP contribution in [0.3, 0.4) is 0 Å². The maximum atomic E-state index is 6.00. The molecular formula is C20H32N4O3. The molecule has 0 saturated carbocycles. The normalized spacial score (nSPS) is 32.0. The van der Waals surface area contributed by atoms with Crippen molar-refractivity contribution in [3.8, 4) is 0 Å². The van der Waals surface area contributed by atoms with E-state index in [2.05, 4.69) is 29.0 Å². The first-order chi connectivity index (χ1) is 13.2. The Bertz CT molecular complexity index is 609. The van der Waals surface area contributed by atoms with E-state index in [9.17, 15) is 0 Å². The van der Waals surface area contributed by atoms with Crippen LogP contribution in [0.5, 0.6) is 0 Å². The summed E-state index contributed by atoms with van der Waals surface area (Å²) >= 11 is 0. The van der Waals surface area contributed by atoms with Gasteiger partial charge in [0.1, 0.15) is 11.9 Å². The molecular weight excluding hydrogens is 344 g/mol. The molecule has 0 bridgehead atoms. The summed E-state index contributed by atoms with van der Waals surface area (Å²) in [5.74, 6) is 2.13. The van der Waals surface area contributed by atoms with Gasteiger partial charge in [-0.05, 0) is 37.7 Å². The summed E-state index contributed by atoms with van der Waals surface area (Å²) in [5.41, 5.74) is 0. The van der Waals surface area contributed by atoms with Crippen LogP contribution in [-0.4, -0.2) is 67.2 Å². The number of nitrogens with zero attached hydrogens (tertiary/aromatic N) is 3. The Labute approximate surface area is 161 Å². The van der Waals surface area contributed by atoms with Gasteiger partial charge >= 0.3 is 0 Å². The lowest BCUT2D eigenvalue weighted by molar-refractivity contribution is -0.0545. The highest BCUT2D eigenvalue weighted by atomic mass is 16.5. The average Bonchev–Trinajstić information content (AvgIpc) is 3.23. The monoisotopic (exact) mass is 376 g/mol. The Hall–Kier alpha value is -1.44. The Morgan fingerprint density at radius 1 is 1.07 bits per heavy atom. The molecule has 3 saturated heterocycles. The van der Waals surface area contributed by atoms with Gasteiger partial charge in [0.25, 0.3) is 0 Å². The molecule has 3 aliphatic heterocycles.